The average Bonchev–Trinajstić information content (AvgIpc) is 4.20. The van der Waals surface area contributed by atoms with Crippen molar-refractivity contribution in [1.29, 1.82) is 0 Å². The smallest absolute Gasteiger partial charge is 0.407 e. The number of aromatic amines is 2. The van der Waals surface area contributed by atoms with Gasteiger partial charge >= 0.3 is 12.2 Å². The highest BCUT2D eigenvalue weighted by Crippen LogP contribution is 2.49. The highest BCUT2D eigenvalue weighted by Gasteiger charge is 2.41. The molecule has 386 valence electrons. The lowest BCUT2D eigenvalue weighted by Gasteiger charge is -2.40. The second-order valence-electron chi connectivity index (χ2n) is 22.1. The van der Waals surface area contributed by atoms with E-state index < -0.39 is 35.9 Å². The molecule has 4 aliphatic rings. The van der Waals surface area contributed by atoms with Crippen LogP contribution >= 0.6 is 0 Å². The van der Waals surface area contributed by atoms with E-state index in [1.54, 1.807) is 9.80 Å². The number of amides is 4. The van der Waals surface area contributed by atoms with Crippen molar-refractivity contribution in [3.05, 3.63) is 82.9 Å². The number of alkyl carbamates (subject to hydrolysis) is 1. The van der Waals surface area contributed by atoms with E-state index in [1.807, 2.05) is 62.9 Å². The number of hydrogen-bond donors (Lipinski definition) is 5. The number of nitrogens with one attached hydrogen (secondary N) is 4. The summed E-state index contributed by atoms with van der Waals surface area (Å²) < 4.78 is 38.3. The van der Waals surface area contributed by atoms with Crippen LogP contribution in [-0.2, 0) is 14.3 Å². The monoisotopic (exact) mass is 993 g/mol. The first kappa shape index (κ1) is 50.5. The number of rotatable bonds is 12. The summed E-state index contributed by atoms with van der Waals surface area (Å²) in [5.74, 6) is -0.383. The second-order valence-corrected chi connectivity index (χ2v) is 22.1. The van der Waals surface area contributed by atoms with E-state index in [0.717, 1.165) is 53.4 Å². The van der Waals surface area contributed by atoms with Crippen LogP contribution in [0.15, 0.2) is 48.5 Å². The number of ether oxygens (including phenoxy) is 1. The van der Waals surface area contributed by atoms with Gasteiger partial charge in [-0.2, -0.15) is 0 Å². The molecule has 0 spiro atoms. The molecule has 4 amide bonds. The van der Waals surface area contributed by atoms with Gasteiger partial charge in [0.15, 0.2) is 11.6 Å². The summed E-state index contributed by atoms with van der Waals surface area (Å²) in [4.78, 5) is 76.0. The van der Waals surface area contributed by atoms with E-state index in [2.05, 4.69) is 52.3 Å². The molecule has 16 nitrogen and oxygen atoms in total. The van der Waals surface area contributed by atoms with Gasteiger partial charge in [0.25, 0.3) is 0 Å². The Bertz CT molecular complexity index is 2810. The van der Waals surface area contributed by atoms with Crippen LogP contribution in [0.1, 0.15) is 147 Å². The predicted molar refractivity (Wildman–Crippen MR) is 271 cm³/mol. The van der Waals surface area contributed by atoms with Crippen LogP contribution < -0.4 is 20.4 Å². The van der Waals surface area contributed by atoms with E-state index in [4.69, 9.17) is 14.7 Å². The highest BCUT2D eigenvalue weighted by atomic mass is 19.1. The third-order valence-electron chi connectivity index (χ3n) is 15.8. The standard InChI is InChI=1S/C54H70F2N10O6/c1-29(2)45(61-52(69)70)50(67)64-21-9-11-43(64)48-57-37-15-13-31(25-39(37)59-48)41-17-18-42(66(41)34-27-35(55)47(36(56)28-34)63-23-19-33(20-24-63)54(5,6)7)32-14-16-38-40(26-32)60-49(58-38)44-12-10-22-65(44)51(68)46(30(3)4)62-53(71)72-8/h13-16,25-30,33,41-46,61H,9-12,17-24H2,1-8H3,(H,57,59)(H,58,60)(H,62,71)(H,69,70)/t41-,42-,43+,44+,45+,46+/m1/s1. The number of H-pyrrole nitrogens is 2. The van der Waals surface area contributed by atoms with Crippen molar-refractivity contribution in [2.45, 2.75) is 136 Å². The number of hydrogen-bond acceptors (Lipinski definition) is 9. The molecule has 2 aromatic heterocycles. The first-order valence-corrected chi connectivity index (χ1v) is 25.8. The fourth-order valence-electron chi connectivity index (χ4n) is 12.0. The summed E-state index contributed by atoms with van der Waals surface area (Å²) in [5.41, 5.74) is 5.37. The number of methoxy groups -OCH3 is 1. The van der Waals surface area contributed by atoms with E-state index in [1.165, 1.54) is 19.2 Å². The number of aromatic nitrogens is 4. The molecule has 0 aliphatic carbocycles. The summed E-state index contributed by atoms with van der Waals surface area (Å²) >= 11 is 0. The van der Waals surface area contributed by atoms with Gasteiger partial charge in [-0.15, -0.1) is 0 Å². The number of benzene rings is 3. The number of carbonyl (C=O) groups is 4. The molecule has 6 atom stereocenters. The van der Waals surface area contributed by atoms with Crippen LogP contribution in [0.25, 0.3) is 22.1 Å². The maximum atomic E-state index is 16.7. The summed E-state index contributed by atoms with van der Waals surface area (Å²) in [5, 5.41) is 14.6. The van der Waals surface area contributed by atoms with Crippen molar-refractivity contribution in [2.24, 2.45) is 23.2 Å². The topological polar surface area (TPSA) is 192 Å². The fourth-order valence-corrected chi connectivity index (χ4v) is 12.0. The van der Waals surface area contributed by atoms with Crippen LogP contribution in [0.3, 0.4) is 0 Å². The van der Waals surface area contributed by atoms with Crippen molar-refractivity contribution in [3.63, 3.8) is 0 Å². The predicted octanol–water partition coefficient (Wildman–Crippen LogP) is 10.1. The lowest BCUT2D eigenvalue weighted by atomic mass is 9.75. The number of imidazole rings is 2. The quantitative estimate of drug-likeness (QED) is 0.0804. The first-order chi connectivity index (χ1) is 34.3. The average molecular weight is 993 g/mol. The van der Waals surface area contributed by atoms with E-state index >= 15 is 8.78 Å². The zero-order valence-corrected chi connectivity index (χ0v) is 42.7. The molecular formula is C54H70F2N10O6. The van der Waals surface area contributed by atoms with E-state index in [-0.39, 0.29) is 58.9 Å². The lowest BCUT2D eigenvalue weighted by molar-refractivity contribution is -0.136. The molecule has 4 saturated heterocycles. The minimum Gasteiger partial charge on any atom is -0.465 e. The summed E-state index contributed by atoms with van der Waals surface area (Å²) in [7, 11) is 1.27. The van der Waals surface area contributed by atoms with Crippen LogP contribution in [0, 0.1) is 34.8 Å². The van der Waals surface area contributed by atoms with Gasteiger partial charge < -0.3 is 50.0 Å². The molecule has 6 heterocycles. The Kier molecular flexibility index (Phi) is 14.2. The van der Waals surface area contributed by atoms with Crippen LogP contribution in [0.2, 0.25) is 0 Å². The van der Waals surface area contributed by atoms with Gasteiger partial charge in [-0.3, -0.25) is 9.59 Å². The van der Waals surface area contributed by atoms with Crippen LogP contribution in [0.5, 0.6) is 0 Å². The van der Waals surface area contributed by atoms with Gasteiger partial charge in [0.2, 0.25) is 11.8 Å². The second kappa shape index (κ2) is 20.2. The molecule has 0 bridgehead atoms. The molecule has 72 heavy (non-hydrogen) atoms. The Balaban J connectivity index is 1.04. The number of likely N-dealkylation sites (tertiary alicyclic amines) is 2. The molecular weight excluding hydrogens is 923 g/mol. The molecule has 4 fully saturated rings. The molecule has 3 aromatic carbocycles. The number of carbonyl (C=O) groups excluding carboxylic acids is 3. The van der Waals surface area contributed by atoms with Crippen molar-refractivity contribution in [2.75, 3.05) is 43.1 Å². The van der Waals surface area contributed by atoms with Crippen molar-refractivity contribution in [3.8, 4) is 0 Å². The van der Waals surface area contributed by atoms with Gasteiger partial charge in [0.05, 0.1) is 53.3 Å². The fraction of sp³-hybridized carbons (Fsp3) is 0.556. The van der Waals surface area contributed by atoms with Crippen molar-refractivity contribution >= 4 is 57.4 Å². The normalized spacial score (nSPS) is 21.9. The van der Waals surface area contributed by atoms with Crippen molar-refractivity contribution < 1.29 is 37.8 Å². The molecule has 0 unspecified atom stereocenters. The third kappa shape index (κ3) is 9.89. The Hall–Kier alpha value is -6.46. The number of fused-ring (bicyclic) bond motifs is 2. The minimum atomic E-state index is -1.25. The number of piperidine rings is 1. The zero-order valence-electron chi connectivity index (χ0n) is 42.7. The van der Waals surface area contributed by atoms with Crippen LogP contribution in [0.4, 0.5) is 29.7 Å². The Labute approximate surface area is 419 Å². The number of carboxylic acid groups (broad SMARTS) is 1. The van der Waals surface area contributed by atoms with Gasteiger partial charge in [-0.25, -0.2) is 28.3 Å². The third-order valence-corrected chi connectivity index (χ3v) is 15.8. The molecule has 9 rings (SSSR count). The summed E-state index contributed by atoms with van der Waals surface area (Å²) in [6, 6.07) is 12.1. The lowest BCUT2D eigenvalue weighted by Crippen LogP contribution is -2.51. The number of anilines is 2. The Morgan fingerprint density at radius 1 is 0.681 bits per heavy atom. The number of halogens is 2. The molecule has 4 aliphatic heterocycles. The largest absolute Gasteiger partial charge is 0.465 e. The van der Waals surface area contributed by atoms with Crippen molar-refractivity contribution in [1.82, 2.24) is 40.4 Å². The Morgan fingerprint density at radius 2 is 1.15 bits per heavy atom. The number of nitrogens with zero attached hydrogens (tertiary/aromatic N) is 6. The maximum Gasteiger partial charge on any atom is 0.407 e. The molecule has 5 aromatic rings. The highest BCUT2D eigenvalue weighted by molar-refractivity contribution is 5.87. The van der Waals surface area contributed by atoms with Crippen LogP contribution in [-0.4, -0.2) is 104 Å². The van der Waals surface area contributed by atoms with Gasteiger partial charge in [-0.1, -0.05) is 60.6 Å². The van der Waals surface area contributed by atoms with Gasteiger partial charge in [-0.05, 0) is 122 Å². The van der Waals surface area contributed by atoms with E-state index in [0.29, 0.717) is 80.6 Å². The SMILES string of the molecule is COC(=O)N[C@H](C(=O)N1CCC[C@H]1c1nc2ccc([C@H]3CC[C@H](c4ccc5nc([C@@H]6CCCN6C(=O)[C@@H](NC(=O)O)C(C)C)[nH]c5c4)N3c3cc(F)c(N4CCC(C(C)(C)C)CC4)c(F)c3)cc2[nH]1)C(C)C. The summed E-state index contributed by atoms with van der Waals surface area (Å²) in [6.07, 6.45) is 4.02. The molecule has 18 heteroatoms. The van der Waals surface area contributed by atoms with Gasteiger partial charge in [0, 0.05) is 31.9 Å². The zero-order chi connectivity index (χ0) is 51.3. The van der Waals surface area contributed by atoms with E-state index in [9.17, 15) is 24.3 Å². The Morgan fingerprint density at radius 3 is 1.58 bits per heavy atom. The van der Waals surface area contributed by atoms with Gasteiger partial charge in [0.1, 0.15) is 29.4 Å². The molecule has 0 saturated carbocycles. The first-order valence-electron chi connectivity index (χ1n) is 25.8. The maximum absolute atomic E-state index is 16.7. The minimum absolute atomic E-state index is 0.00866. The molecule has 0 radical (unpaired) electrons. The summed E-state index contributed by atoms with van der Waals surface area (Å²) in [6.45, 7) is 16.2. The molecule has 5 N–H and O–H groups in total.